The van der Waals surface area contributed by atoms with Gasteiger partial charge in [-0.1, -0.05) is 25.2 Å². The van der Waals surface area contributed by atoms with Crippen LogP contribution in [0, 0.1) is 12.8 Å². The summed E-state index contributed by atoms with van der Waals surface area (Å²) in [6.07, 6.45) is -0.454. The number of aryl methyl sites for hydroxylation is 1. The fourth-order valence-electron chi connectivity index (χ4n) is 2.73. The van der Waals surface area contributed by atoms with Gasteiger partial charge in [-0.15, -0.1) is 11.8 Å². The predicted molar refractivity (Wildman–Crippen MR) is 97.6 cm³/mol. The summed E-state index contributed by atoms with van der Waals surface area (Å²) >= 11 is 2.60. The largest absolute Gasteiger partial charge is 0.469 e. The molecule has 1 saturated heterocycles. The number of nitrogens with zero attached hydrogens (tertiary/aromatic N) is 3. The molecule has 3 atom stereocenters. The Kier molecular flexibility index (Phi) is 5.03. The average molecular weight is 384 g/mol. The number of aromatic nitrogens is 3. The minimum absolute atomic E-state index is 0.104. The van der Waals surface area contributed by atoms with Crippen LogP contribution >= 0.6 is 23.1 Å². The number of methoxy groups -OCH3 is 1. The SMILES string of the molecule is COC(=O)CC1SC(C(C)C)OC1n1c(=O)sc2c(C)nc(N)nc21. The van der Waals surface area contributed by atoms with E-state index in [-0.39, 0.29) is 39.8 Å². The maximum absolute atomic E-state index is 12.6. The van der Waals surface area contributed by atoms with Crippen molar-refractivity contribution in [1.29, 1.82) is 0 Å². The van der Waals surface area contributed by atoms with Crippen LogP contribution in [0.15, 0.2) is 4.79 Å². The standard InChI is InChI=1S/C15H20N4O4S2/c1-6(2)13-23-12(8(24-13)5-9(20)22-4)19-11-10(25-15(19)21)7(3)17-14(16)18-11/h6,8,12-13H,5H2,1-4H3,(H2,16,17,18). The molecule has 136 valence electrons. The molecular weight excluding hydrogens is 364 g/mol. The molecule has 2 aromatic rings. The molecule has 0 aromatic carbocycles. The quantitative estimate of drug-likeness (QED) is 0.796. The molecule has 0 radical (unpaired) electrons. The third kappa shape index (κ3) is 3.38. The number of hydrogen-bond donors (Lipinski definition) is 1. The minimum Gasteiger partial charge on any atom is -0.469 e. The molecular formula is C15H20N4O4S2. The third-order valence-corrected chi connectivity index (χ3v) is 6.67. The number of carbonyl (C=O) groups excluding carboxylic acids is 1. The van der Waals surface area contributed by atoms with Crippen LogP contribution in [-0.2, 0) is 14.3 Å². The fourth-order valence-corrected chi connectivity index (χ4v) is 5.01. The van der Waals surface area contributed by atoms with E-state index < -0.39 is 6.23 Å². The van der Waals surface area contributed by atoms with Crippen LogP contribution in [0.1, 0.15) is 32.2 Å². The average Bonchev–Trinajstić information content (AvgIpc) is 3.08. The van der Waals surface area contributed by atoms with Gasteiger partial charge in [0.25, 0.3) is 0 Å². The van der Waals surface area contributed by atoms with E-state index in [4.69, 9.17) is 15.2 Å². The van der Waals surface area contributed by atoms with Crippen molar-refractivity contribution >= 4 is 45.4 Å². The van der Waals surface area contributed by atoms with Gasteiger partial charge in [-0.2, -0.15) is 4.98 Å². The van der Waals surface area contributed by atoms with Crippen LogP contribution in [0.4, 0.5) is 5.95 Å². The lowest BCUT2D eigenvalue weighted by molar-refractivity contribution is -0.141. The van der Waals surface area contributed by atoms with Crippen molar-refractivity contribution in [3.8, 4) is 0 Å². The van der Waals surface area contributed by atoms with Crippen molar-refractivity contribution in [2.75, 3.05) is 12.8 Å². The minimum atomic E-state index is -0.605. The molecule has 25 heavy (non-hydrogen) atoms. The van der Waals surface area contributed by atoms with E-state index >= 15 is 0 Å². The fraction of sp³-hybridized carbons (Fsp3) is 0.600. The van der Waals surface area contributed by atoms with Crippen LogP contribution in [0.2, 0.25) is 0 Å². The van der Waals surface area contributed by atoms with E-state index in [0.717, 1.165) is 11.3 Å². The highest BCUT2D eigenvalue weighted by Crippen LogP contribution is 2.44. The molecule has 1 aliphatic heterocycles. The Morgan fingerprint density at radius 1 is 1.44 bits per heavy atom. The van der Waals surface area contributed by atoms with Crippen molar-refractivity contribution in [1.82, 2.24) is 14.5 Å². The first-order valence-electron chi connectivity index (χ1n) is 7.84. The zero-order valence-electron chi connectivity index (χ0n) is 14.4. The molecule has 1 aliphatic rings. The van der Waals surface area contributed by atoms with Gasteiger partial charge >= 0.3 is 10.8 Å². The van der Waals surface area contributed by atoms with Crippen molar-refractivity contribution < 1.29 is 14.3 Å². The Morgan fingerprint density at radius 2 is 2.16 bits per heavy atom. The first-order chi connectivity index (χ1) is 11.8. The van der Waals surface area contributed by atoms with E-state index in [1.165, 1.54) is 11.7 Å². The summed E-state index contributed by atoms with van der Waals surface area (Å²) in [7, 11) is 1.35. The van der Waals surface area contributed by atoms with Gasteiger partial charge in [-0.25, -0.2) is 4.98 Å². The number of rotatable bonds is 4. The third-order valence-electron chi connectivity index (χ3n) is 3.94. The van der Waals surface area contributed by atoms with Crippen molar-refractivity contribution in [3.05, 3.63) is 15.4 Å². The summed E-state index contributed by atoms with van der Waals surface area (Å²) in [5.74, 6) is -0.00211. The zero-order valence-corrected chi connectivity index (χ0v) is 16.0. The van der Waals surface area contributed by atoms with E-state index in [9.17, 15) is 9.59 Å². The number of hydrogen-bond acceptors (Lipinski definition) is 9. The zero-order chi connectivity index (χ0) is 18.3. The summed E-state index contributed by atoms with van der Waals surface area (Å²) < 4.78 is 13.1. The number of anilines is 1. The maximum Gasteiger partial charge on any atom is 0.311 e. The molecule has 0 amide bonds. The van der Waals surface area contributed by atoms with Crippen molar-refractivity contribution in [2.45, 2.75) is 44.1 Å². The second-order valence-electron chi connectivity index (χ2n) is 6.15. The maximum atomic E-state index is 12.6. The highest BCUT2D eigenvalue weighted by molar-refractivity contribution is 8.00. The van der Waals surface area contributed by atoms with E-state index in [0.29, 0.717) is 16.0 Å². The lowest BCUT2D eigenvalue weighted by Gasteiger charge is -2.18. The molecule has 0 spiro atoms. The van der Waals surface area contributed by atoms with Crippen LogP contribution < -0.4 is 10.6 Å². The van der Waals surface area contributed by atoms with Crippen LogP contribution in [0.25, 0.3) is 10.3 Å². The molecule has 1 fully saturated rings. The lowest BCUT2D eigenvalue weighted by Crippen LogP contribution is -2.28. The molecule has 3 heterocycles. The Bertz CT molecular complexity index is 863. The number of nitrogens with two attached hydrogens (primary N) is 1. The normalized spacial score (nSPS) is 23.5. The Labute approximate surface area is 152 Å². The van der Waals surface area contributed by atoms with Crippen LogP contribution in [0.3, 0.4) is 0 Å². The van der Waals surface area contributed by atoms with Gasteiger partial charge in [-0.05, 0) is 12.8 Å². The number of thiazole rings is 1. The van der Waals surface area contributed by atoms with Gasteiger partial charge in [0.1, 0.15) is 5.44 Å². The van der Waals surface area contributed by atoms with Gasteiger partial charge in [-0.3, -0.25) is 14.2 Å². The molecule has 0 saturated carbocycles. The lowest BCUT2D eigenvalue weighted by atomic mass is 10.2. The van der Waals surface area contributed by atoms with Gasteiger partial charge in [0.2, 0.25) is 5.95 Å². The number of ether oxygens (including phenoxy) is 2. The number of carbonyl (C=O) groups is 1. The van der Waals surface area contributed by atoms with E-state index in [1.807, 2.05) is 13.8 Å². The highest BCUT2D eigenvalue weighted by atomic mass is 32.2. The molecule has 10 heteroatoms. The Hall–Kier alpha value is -1.65. The smallest absolute Gasteiger partial charge is 0.311 e. The number of thioether (sulfide) groups is 1. The van der Waals surface area contributed by atoms with Crippen LogP contribution in [-0.4, -0.2) is 38.3 Å². The van der Waals surface area contributed by atoms with Gasteiger partial charge in [0.15, 0.2) is 11.9 Å². The van der Waals surface area contributed by atoms with Crippen molar-refractivity contribution in [2.24, 2.45) is 5.92 Å². The summed E-state index contributed by atoms with van der Waals surface area (Å²) in [6, 6.07) is 0. The molecule has 0 bridgehead atoms. The number of nitrogen functional groups attached to an aromatic ring is 1. The molecule has 3 rings (SSSR count). The monoisotopic (exact) mass is 384 g/mol. The molecule has 8 nitrogen and oxygen atoms in total. The van der Waals surface area contributed by atoms with E-state index in [1.54, 1.807) is 18.7 Å². The van der Waals surface area contributed by atoms with Crippen molar-refractivity contribution in [3.63, 3.8) is 0 Å². The Balaban J connectivity index is 2.08. The van der Waals surface area contributed by atoms with E-state index in [2.05, 4.69) is 9.97 Å². The second kappa shape index (κ2) is 6.93. The van der Waals surface area contributed by atoms with Crippen LogP contribution in [0.5, 0.6) is 0 Å². The second-order valence-corrected chi connectivity index (χ2v) is 8.46. The van der Waals surface area contributed by atoms with Gasteiger partial charge in [0.05, 0.1) is 29.2 Å². The number of fused-ring (bicyclic) bond motifs is 1. The summed E-state index contributed by atoms with van der Waals surface area (Å²) in [6.45, 7) is 5.86. The predicted octanol–water partition coefficient (Wildman–Crippen LogP) is 1.92. The summed E-state index contributed by atoms with van der Waals surface area (Å²) in [5, 5.41) is -0.244. The Morgan fingerprint density at radius 3 is 2.80 bits per heavy atom. The summed E-state index contributed by atoms with van der Waals surface area (Å²) in [5.41, 5.74) is 6.74. The van der Waals surface area contributed by atoms with Gasteiger partial charge in [0, 0.05) is 0 Å². The number of esters is 1. The first-order valence-corrected chi connectivity index (χ1v) is 9.60. The topological polar surface area (TPSA) is 109 Å². The molecule has 2 N–H and O–H groups in total. The first kappa shape index (κ1) is 18.2. The molecule has 2 aromatic heterocycles. The molecule has 3 unspecified atom stereocenters. The highest BCUT2D eigenvalue weighted by Gasteiger charge is 2.41. The molecule has 0 aliphatic carbocycles. The summed E-state index contributed by atoms with van der Waals surface area (Å²) in [4.78, 5) is 32.6. The van der Waals surface area contributed by atoms with Gasteiger partial charge < -0.3 is 15.2 Å².